The van der Waals surface area contributed by atoms with E-state index in [1.54, 1.807) is 30.3 Å². The Morgan fingerprint density at radius 1 is 0.914 bits per heavy atom. The molecule has 35 heavy (non-hydrogen) atoms. The van der Waals surface area contributed by atoms with Gasteiger partial charge in [0, 0.05) is 20.1 Å². The number of aryl methyl sites for hydroxylation is 1. The van der Waals surface area contributed by atoms with E-state index < -0.39 is 15.4 Å². The lowest BCUT2D eigenvalue weighted by Gasteiger charge is -2.40. The summed E-state index contributed by atoms with van der Waals surface area (Å²) >= 11 is 0. The molecule has 0 aliphatic carbocycles. The molecule has 3 aromatic carbocycles. The number of nitrogens with one attached hydrogen (secondary N) is 1. The Morgan fingerprint density at radius 2 is 1.51 bits per heavy atom. The second-order valence-corrected chi connectivity index (χ2v) is 10.9. The van der Waals surface area contributed by atoms with Crippen molar-refractivity contribution in [2.24, 2.45) is 7.05 Å². The van der Waals surface area contributed by atoms with E-state index in [4.69, 9.17) is 0 Å². The zero-order chi connectivity index (χ0) is 24.5. The lowest BCUT2D eigenvalue weighted by molar-refractivity contribution is -0.128. The summed E-state index contributed by atoms with van der Waals surface area (Å²) in [6, 6.07) is 26.0. The number of piperidine rings is 1. The van der Waals surface area contributed by atoms with E-state index in [9.17, 15) is 13.2 Å². The van der Waals surface area contributed by atoms with Crippen molar-refractivity contribution in [3.8, 4) is 0 Å². The molecule has 1 fully saturated rings. The molecule has 0 atom stereocenters. The first kappa shape index (κ1) is 23.3. The van der Waals surface area contributed by atoms with E-state index >= 15 is 0 Å². The highest BCUT2D eigenvalue weighted by Crippen LogP contribution is 2.37. The number of amides is 1. The van der Waals surface area contributed by atoms with Crippen molar-refractivity contribution >= 4 is 27.0 Å². The number of carbonyl (C=O) groups excluding carboxylic acids is 1. The van der Waals surface area contributed by atoms with E-state index in [0.29, 0.717) is 19.4 Å². The fraction of sp³-hybridized carbons (Fsp3) is 0.259. The van der Waals surface area contributed by atoms with Crippen LogP contribution in [0.15, 0.2) is 89.8 Å². The highest BCUT2D eigenvalue weighted by Gasteiger charge is 2.45. The Balaban J connectivity index is 1.38. The van der Waals surface area contributed by atoms with Crippen molar-refractivity contribution in [3.63, 3.8) is 0 Å². The number of nitrogens with zero attached hydrogens (tertiary/aromatic N) is 3. The second-order valence-electron chi connectivity index (χ2n) is 8.92. The van der Waals surface area contributed by atoms with Crippen LogP contribution in [0.1, 0.15) is 24.2 Å². The molecule has 1 aromatic heterocycles. The summed E-state index contributed by atoms with van der Waals surface area (Å²) < 4.78 is 29.8. The number of rotatable bonds is 6. The van der Waals surface area contributed by atoms with Gasteiger partial charge in [-0.15, -0.1) is 0 Å². The zero-order valence-electron chi connectivity index (χ0n) is 19.6. The average Bonchev–Trinajstić information content (AvgIpc) is 3.23. The smallest absolute Gasteiger partial charge is 0.243 e. The van der Waals surface area contributed by atoms with Crippen LogP contribution >= 0.6 is 0 Å². The first-order chi connectivity index (χ1) is 16.9. The molecule has 5 rings (SSSR count). The molecule has 2 heterocycles. The van der Waals surface area contributed by atoms with Crippen LogP contribution in [0.4, 0.5) is 0 Å². The Bertz CT molecular complexity index is 1440. The van der Waals surface area contributed by atoms with Crippen molar-refractivity contribution in [3.05, 3.63) is 96.3 Å². The number of sulfonamides is 1. The van der Waals surface area contributed by atoms with Crippen LogP contribution in [0, 0.1) is 0 Å². The number of fused-ring (bicyclic) bond motifs is 1. The molecular formula is C27H28N4O3S. The van der Waals surface area contributed by atoms with Crippen LogP contribution in [0.25, 0.3) is 11.0 Å². The molecule has 0 radical (unpaired) electrons. The molecular weight excluding hydrogens is 460 g/mol. The third-order valence-electron chi connectivity index (χ3n) is 7.00. The summed E-state index contributed by atoms with van der Waals surface area (Å²) in [6.45, 7) is 0.836. The van der Waals surface area contributed by atoms with E-state index in [1.165, 1.54) is 4.31 Å². The molecule has 1 amide bonds. The molecule has 1 N–H and O–H groups in total. The fourth-order valence-electron chi connectivity index (χ4n) is 4.94. The van der Waals surface area contributed by atoms with Crippen LogP contribution in [-0.2, 0) is 33.8 Å². The molecule has 0 spiro atoms. The van der Waals surface area contributed by atoms with Gasteiger partial charge in [0.2, 0.25) is 15.9 Å². The number of aromatic nitrogens is 2. The van der Waals surface area contributed by atoms with Crippen LogP contribution in [0.2, 0.25) is 0 Å². The van der Waals surface area contributed by atoms with Gasteiger partial charge in [0.15, 0.2) is 0 Å². The predicted octanol–water partition coefficient (Wildman–Crippen LogP) is 3.61. The van der Waals surface area contributed by atoms with Gasteiger partial charge in [-0.3, -0.25) is 4.79 Å². The number of para-hydroxylation sites is 2. The first-order valence-corrected chi connectivity index (χ1v) is 13.2. The highest BCUT2D eigenvalue weighted by molar-refractivity contribution is 7.89. The van der Waals surface area contributed by atoms with Crippen LogP contribution in [-0.4, -0.2) is 41.3 Å². The molecule has 1 saturated heterocycles. The van der Waals surface area contributed by atoms with Crippen LogP contribution in [0.5, 0.6) is 0 Å². The average molecular weight is 489 g/mol. The molecule has 1 aliphatic rings. The molecule has 0 saturated carbocycles. The fourth-order valence-corrected chi connectivity index (χ4v) is 6.40. The monoisotopic (exact) mass is 488 g/mol. The van der Waals surface area contributed by atoms with E-state index in [-0.39, 0.29) is 23.9 Å². The van der Waals surface area contributed by atoms with Gasteiger partial charge in [-0.05, 0) is 42.7 Å². The van der Waals surface area contributed by atoms with Gasteiger partial charge in [0.1, 0.15) is 5.82 Å². The highest BCUT2D eigenvalue weighted by atomic mass is 32.2. The van der Waals surface area contributed by atoms with E-state index in [2.05, 4.69) is 10.3 Å². The lowest BCUT2D eigenvalue weighted by atomic mass is 9.72. The minimum absolute atomic E-state index is 0.104. The standard InChI is InChI=1S/C27H28N4O3S/c1-30-24-15-9-8-14-23(24)29-25(30)20-28-26(32)27(21-10-4-2-5-11-21)16-18-31(19-17-27)35(33,34)22-12-6-3-7-13-22/h2-15H,16-20H2,1H3,(H,28,32). The SMILES string of the molecule is Cn1c(CNC(=O)C2(c3ccccc3)CCN(S(=O)(=O)c3ccccc3)CC2)nc2ccccc21. The van der Waals surface area contributed by atoms with Crippen LogP contribution in [0.3, 0.4) is 0 Å². The number of carbonyl (C=O) groups is 1. The number of benzene rings is 3. The zero-order valence-corrected chi connectivity index (χ0v) is 20.4. The summed E-state index contributed by atoms with van der Waals surface area (Å²) in [7, 11) is -1.67. The van der Waals surface area contributed by atoms with E-state index in [1.807, 2.05) is 66.2 Å². The third kappa shape index (κ3) is 4.24. The summed E-state index contributed by atoms with van der Waals surface area (Å²) in [6.07, 6.45) is 0.800. The number of hydrogen-bond acceptors (Lipinski definition) is 4. The van der Waals surface area contributed by atoms with Crippen molar-refractivity contribution in [1.82, 2.24) is 19.2 Å². The third-order valence-corrected chi connectivity index (χ3v) is 8.92. The lowest BCUT2D eigenvalue weighted by Crippen LogP contribution is -2.52. The van der Waals surface area contributed by atoms with Crippen molar-refractivity contribution in [1.29, 1.82) is 0 Å². The number of imidazole rings is 1. The summed E-state index contributed by atoms with van der Waals surface area (Å²) in [5.41, 5.74) is 1.99. The Kier molecular flexibility index (Phi) is 6.17. The van der Waals surface area contributed by atoms with Gasteiger partial charge in [-0.1, -0.05) is 60.7 Å². The summed E-state index contributed by atoms with van der Waals surface area (Å²) in [5.74, 6) is 0.666. The Morgan fingerprint density at radius 3 is 2.17 bits per heavy atom. The van der Waals surface area contributed by atoms with Gasteiger partial charge in [0.25, 0.3) is 0 Å². The largest absolute Gasteiger partial charge is 0.348 e. The van der Waals surface area contributed by atoms with Gasteiger partial charge in [0.05, 0.1) is 27.9 Å². The maximum absolute atomic E-state index is 13.7. The molecule has 0 bridgehead atoms. The molecule has 1 aliphatic heterocycles. The predicted molar refractivity (Wildman–Crippen MR) is 135 cm³/mol. The van der Waals surface area contributed by atoms with E-state index in [0.717, 1.165) is 22.4 Å². The summed E-state index contributed by atoms with van der Waals surface area (Å²) in [4.78, 5) is 18.7. The van der Waals surface area contributed by atoms with Gasteiger partial charge >= 0.3 is 0 Å². The van der Waals surface area contributed by atoms with Crippen LogP contribution < -0.4 is 5.32 Å². The summed E-state index contributed by atoms with van der Waals surface area (Å²) in [5, 5.41) is 3.10. The molecule has 8 heteroatoms. The molecule has 180 valence electrons. The minimum Gasteiger partial charge on any atom is -0.348 e. The van der Waals surface area contributed by atoms with Crippen molar-refractivity contribution in [2.45, 2.75) is 29.7 Å². The van der Waals surface area contributed by atoms with Gasteiger partial charge < -0.3 is 9.88 Å². The normalized spacial score (nSPS) is 16.3. The van der Waals surface area contributed by atoms with Gasteiger partial charge in [-0.25, -0.2) is 13.4 Å². The molecule has 4 aromatic rings. The second kappa shape index (κ2) is 9.28. The Hall–Kier alpha value is -3.49. The molecule has 0 unspecified atom stereocenters. The van der Waals surface area contributed by atoms with Crippen molar-refractivity contribution < 1.29 is 13.2 Å². The minimum atomic E-state index is -3.61. The maximum Gasteiger partial charge on any atom is 0.243 e. The quantitative estimate of drug-likeness (QED) is 0.449. The maximum atomic E-state index is 13.7. The van der Waals surface area contributed by atoms with Crippen molar-refractivity contribution in [2.75, 3.05) is 13.1 Å². The number of hydrogen-bond donors (Lipinski definition) is 1. The van der Waals surface area contributed by atoms with Gasteiger partial charge in [-0.2, -0.15) is 4.31 Å². The molecule has 7 nitrogen and oxygen atoms in total. The topological polar surface area (TPSA) is 84.3 Å². The Labute approximate surface area is 205 Å². The first-order valence-electron chi connectivity index (χ1n) is 11.7.